The zero-order chi connectivity index (χ0) is 9.84. The van der Waals surface area contributed by atoms with Crippen LogP contribution >= 0.6 is 0 Å². The van der Waals surface area contributed by atoms with Crippen LogP contribution in [0, 0.1) is 13.8 Å². The Hall–Kier alpha value is -0.980. The summed E-state index contributed by atoms with van der Waals surface area (Å²) < 4.78 is 5.36. The second-order valence-corrected chi connectivity index (χ2v) is 3.45. The van der Waals surface area contributed by atoms with Gasteiger partial charge in [-0.05, 0) is 37.0 Å². The number of hydrogen-bond donors (Lipinski definition) is 0. The molecule has 0 unspecified atom stereocenters. The van der Waals surface area contributed by atoms with Gasteiger partial charge in [0.05, 0.1) is 7.11 Å². The Kier molecular flexibility index (Phi) is 3.35. The zero-order valence-corrected chi connectivity index (χ0v) is 8.98. The smallest absolute Gasteiger partial charge is 0.124 e. The fourth-order valence-corrected chi connectivity index (χ4v) is 1.72. The molecule has 0 atom stereocenters. The number of ether oxygens (including phenoxy) is 1. The second-order valence-electron chi connectivity index (χ2n) is 3.45. The van der Waals surface area contributed by atoms with Gasteiger partial charge in [-0.2, -0.15) is 0 Å². The van der Waals surface area contributed by atoms with E-state index in [9.17, 15) is 0 Å². The van der Waals surface area contributed by atoms with E-state index in [1.807, 2.05) is 0 Å². The van der Waals surface area contributed by atoms with Gasteiger partial charge in [-0.15, -0.1) is 0 Å². The molecule has 0 radical (unpaired) electrons. The molecule has 0 spiro atoms. The van der Waals surface area contributed by atoms with Gasteiger partial charge in [-0.1, -0.05) is 25.5 Å². The first-order valence-electron chi connectivity index (χ1n) is 4.83. The summed E-state index contributed by atoms with van der Waals surface area (Å²) in [6.07, 6.45) is 2.33. The summed E-state index contributed by atoms with van der Waals surface area (Å²) in [6.45, 7) is 6.42. The molecule has 72 valence electrons. The van der Waals surface area contributed by atoms with Gasteiger partial charge in [0.15, 0.2) is 0 Å². The van der Waals surface area contributed by atoms with Crippen molar-refractivity contribution in [2.45, 2.75) is 33.6 Å². The number of benzene rings is 1. The maximum Gasteiger partial charge on any atom is 0.124 e. The molecule has 0 heterocycles. The predicted octanol–water partition coefficient (Wildman–Crippen LogP) is 3.26. The Balaban J connectivity index is 3.11. The molecule has 0 aliphatic heterocycles. The molecule has 13 heavy (non-hydrogen) atoms. The Morgan fingerprint density at radius 1 is 1.23 bits per heavy atom. The molecule has 0 aliphatic rings. The molecule has 0 saturated carbocycles. The van der Waals surface area contributed by atoms with E-state index < -0.39 is 0 Å². The van der Waals surface area contributed by atoms with Crippen molar-refractivity contribution >= 4 is 0 Å². The van der Waals surface area contributed by atoms with Gasteiger partial charge in [0, 0.05) is 0 Å². The van der Waals surface area contributed by atoms with Gasteiger partial charge in [-0.3, -0.25) is 0 Å². The predicted molar refractivity (Wildman–Crippen MR) is 56.5 cm³/mol. The number of rotatable bonds is 3. The highest BCUT2D eigenvalue weighted by molar-refractivity contribution is 5.45. The lowest BCUT2D eigenvalue weighted by molar-refractivity contribution is 0.408. The maximum atomic E-state index is 5.36. The normalized spacial score (nSPS) is 10.2. The Bertz CT molecular complexity index is 289. The fourth-order valence-electron chi connectivity index (χ4n) is 1.72. The molecule has 0 aliphatic carbocycles. The molecule has 0 amide bonds. The van der Waals surface area contributed by atoms with Crippen molar-refractivity contribution in [2.24, 2.45) is 0 Å². The van der Waals surface area contributed by atoms with E-state index >= 15 is 0 Å². The van der Waals surface area contributed by atoms with E-state index in [4.69, 9.17) is 4.74 Å². The van der Waals surface area contributed by atoms with E-state index in [0.717, 1.165) is 12.2 Å². The first kappa shape index (κ1) is 10.1. The van der Waals surface area contributed by atoms with Crippen molar-refractivity contribution in [1.82, 2.24) is 0 Å². The fraction of sp³-hybridized carbons (Fsp3) is 0.500. The average Bonchev–Trinajstić information content (AvgIpc) is 2.11. The van der Waals surface area contributed by atoms with Crippen LogP contribution in [0.25, 0.3) is 0 Å². The van der Waals surface area contributed by atoms with Crippen LogP contribution in [0.4, 0.5) is 0 Å². The summed E-state index contributed by atoms with van der Waals surface area (Å²) in [7, 11) is 1.74. The standard InChI is InChI=1S/C12H18O/c1-5-6-11-8-7-9(2)12(13-4)10(11)3/h7-8H,5-6H2,1-4H3. The van der Waals surface area contributed by atoms with Crippen LogP contribution in [0.5, 0.6) is 5.75 Å². The van der Waals surface area contributed by atoms with Crippen molar-refractivity contribution in [3.05, 3.63) is 28.8 Å². The maximum absolute atomic E-state index is 5.36. The third-order valence-corrected chi connectivity index (χ3v) is 2.44. The van der Waals surface area contributed by atoms with Crippen molar-refractivity contribution in [1.29, 1.82) is 0 Å². The van der Waals surface area contributed by atoms with Crippen molar-refractivity contribution < 1.29 is 4.74 Å². The van der Waals surface area contributed by atoms with E-state index in [1.54, 1.807) is 7.11 Å². The first-order chi connectivity index (χ1) is 6.20. The van der Waals surface area contributed by atoms with Crippen molar-refractivity contribution in [3.63, 3.8) is 0 Å². The summed E-state index contributed by atoms with van der Waals surface area (Å²) in [5.41, 5.74) is 3.93. The Morgan fingerprint density at radius 3 is 2.46 bits per heavy atom. The summed E-state index contributed by atoms with van der Waals surface area (Å²) in [5, 5.41) is 0. The number of aryl methyl sites for hydroxylation is 2. The van der Waals surface area contributed by atoms with Crippen LogP contribution in [0.3, 0.4) is 0 Å². The third-order valence-electron chi connectivity index (χ3n) is 2.44. The minimum absolute atomic E-state index is 1.05. The first-order valence-corrected chi connectivity index (χ1v) is 4.83. The van der Waals surface area contributed by atoms with E-state index in [0.29, 0.717) is 0 Å². The highest BCUT2D eigenvalue weighted by atomic mass is 16.5. The minimum Gasteiger partial charge on any atom is -0.496 e. The Morgan fingerprint density at radius 2 is 1.92 bits per heavy atom. The zero-order valence-electron chi connectivity index (χ0n) is 8.98. The lowest BCUT2D eigenvalue weighted by Gasteiger charge is -2.12. The third kappa shape index (κ3) is 2.03. The van der Waals surface area contributed by atoms with Crippen LogP contribution in [0.1, 0.15) is 30.0 Å². The summed E-state index contributed by atoms with van der Waals surface area (Å²) >= 11 is 0. The topological polar surface area (TPSA) is 9.23 Å². The lowest BCUT2D eigenvalue weighted by atomic mass is 10.0. The number of hydrogen-bond acceptors (Lipinski definition) is 1. The van der Waals surface area contributed by atoms with E-state index in [2.05, 4.69) is 32.9 Å². The monoisotopic (exact) mass is 178 g/mol. The molecule has 1 rings (SSSR count). The van der Waals surface area contributed by atoms with Crippen LogP contribution in [-0.4, -0.2) is 7.11 Å². The summed E-state index contributed by atoms with van der Waals surface area (Å²) in [4.78, 5) is 0. The minimum atomic E-state index is 1.05. The van der Waals surface area contributed by atoms with E-state index in [1.165, 1.54) is 23.1 Å². The Labute approximate surface area is 80.7 Å². The van der Waals surface area contributed by atoms with Gasteiger partial charge < -0.3 is 4.74 Å². The molecule has 1 heteroatoms. The largest absolute Gasteiger partial charge is 0.496 e. The average molecular weight is 178 g/mol. The highest BCUT2D eigenvalue weighted by Crippen LogP contribution is 2.26. The van der Waals surface area contributed by atoms with Crippen LogP contribution in [0.2, 0.25) is 0 Å². The molecule has 0 aromatic heterocycles. The second kappa shape index (κ2) is 4.31. The van der Waals surface area contributed by atoms with Gasteiger partial charge in [0.25, 0.3) is 0 Å². The van der Waals surface area contributed by atoms with Crippen LogP contribution in [-0.2, 0) is 6.42 Å². The molecular formula is C12H18O. The number of methoxy groups -OCH3 is 1. The molecule has 1 aromatic carbocycles. The molecular weight excluding hydrogens is 160 g/mol. The van der Waals surface area contributed by atoms with Gasteiger partial charge in [0.2, 0.25) is 0 Å². The quantitative estimate of drug-likeness (QED) is 0.690. The molecule has 0 fully saturated rings. The molecule has 0 bridgehead atoms. The van der Waals surface area contributed by atoms with Crippen molar-refractivity contribution in [2.75, 3.05) is 7.11 Å². The van der Waals surface area contributed by atoms with Crippen LogP contribution < -0.4 is 4.74 Å². The molecule has 0 N–H and O–H groups in total. The van der Waals surface area contributed by atoms with Crippen molar-refractivity contribution in [3.8, 4) is 5.75 Å². The van der Waals surface area contributed by atoms with Gasteiger partial charge in [0.1, 0.15) is 5.75 Å². The summed E-state index contributed by atoms with van der Waals surface area (Å²) in [6, 6.07) is 4.34. The highest BCUT2D eigenvalue weighted by Gasteiger charge is 2.06. The lowest BCUT2D eigenvalue weighted by Crippen LogP contribution is -1.96. The summed E-state index contributed by atoms with van der Waals surface area (Å²) in [5.74, 6) is 1.05. The molecule has 1 nitrogen and oxygen atoms in total. The van der Waals surface area contributed by atoms with Gasteiger partial charge in [-0.25, -0.2) is 0 Å². The molecule has 1 aromatic rings. The van der Waals surface area contributed by atoms with Crippen LogP contribution in [0.15, 0.2) is 12.1 Å². The SMILES string of the molecule is CCCc1ccc(C)c(OC)c1C. The molecule has 0 saturated heterocycles. The van der Waals surface area contributed by atoms with Gasteiger partial charge >= 0.3 is 0 Å². The van der Waals surface area contributed by atoms with E-state index in [-0.39, 0.29) is 0 Å².